The molecule has 5 aliphatic rings. The van der Waals surface area contributed by atoms with Crippen molar-refractivity contribution in [3.63, 3.8) is 0 Å². The summed E-state index contributed by atoms with van der Waals surface area (Å²) in [5.41, 5.74) is 0.375. The lowest BCUT2D eigenvalue weighted by Gasteiger charge is -2.63. The molecule has 4 aliphatic carbocycles. The Balaban J connectivity index is 1.41. The second-order valence-corrected chi connectivity index (χ2v) is 20.9. The van der Waals surface area contributed by atoms with E-state index in [4.69, 9.17) is 18.6 Å². The van der Waals surface area contributed by atoms with Crippen molar-refractivity contribution in [1.29, 1.82) is 0 Å². The van der Waals surface area contributed by atoms with Crippen molar-refractivity contribution < 1.29 is 23.7 Å². The molecule has 0 radical (unpaired) electrons. The molecule has 1 aromatic carbocycles. The highest BCUT2D eigenvalue weighted by atomic mass is 28.4. The smallest absolute Gasteiger partial charge is 0.192 e. The van der Waals surface area contributed by atoms with Gasteiger partial charge in [0.25, 0.3) is 0 Å². The molecule has 6 heteroatoms. The lowest BCUT2D eigenvalue weighted by atomic mass is 9.46. The summed E-state index contributed by atoms with van der Waals surface area (Å²) >= 11 is 0. The van der Waals surface area contributed by atoms with Crippen LogP contribution in [0.3, 0.4) is 0 Å². The zero-order chi connectivity index (χ0) is 28.7. The summed E-state index contributed by atoms with van der Waals surface area (Å²) in [4.78, 5) is 0. The van der Waals surface area contributed by atoms with Crippen LogP contribution in [0.5, 0.6) is 0 Å². The molecule has 4 saturated carbocycles. The number of benzene rings is 1. The Morgan fingerprint density at radius 1 is 0.950 bits per heavy atom. The lowest BCUT2D eigenvalue weighted by molar-refractivity contribution is -0.263. The minimum Gasteiger partial charge on any atom is -0.413 e. The van der Waals surface area contributed by atoms with E-state index in [-0.39, 0.29) is 52.6 Å². The second-order valence-electron chi connectivity index (χ2n) is 16.1. The van der Waals surface area contributed by atoms with Gasteiger partial charge in [0.2, 0.25) is 0 Å². The van der Waals surface area contributed by atoms with Gasteiger partial charge in [0.15, 0.2) is 14.1 Å². The molecule has 224 valence electrons. The van der Waals surface area contributed by atoms with Gasteiger partial charge >= 0.3 is 0 Å². The summed E-state index contributed by atoms with van der Waals surface area (Å²) in [7, 11) is -1.97. The highest BCUT2D eigenvalue weighted by molar-refractivity contribution is 6.74. The van der Waals surface area contributed by atoms with Crippen molar-refractivity contribution in [2.75, 3.05) is 0 Å². The van der Waals surface area contributed by atoms with Crippen molar-refractivity contribution in [1.82, 2.24) is 0 Å². The van der Waals surface area contributed by atoms with Gasteiger partial charge in [-0.25, -0.2) is 0 Å². The first-order valence-electron chi connectivity index (χ1n) is 16.1. The maximum Gasteiger partial charge on any atom is 0.192 e. The maximum absolute atomic E-state index is 12.8. The van der Waals surface area contributed by atoms with Gasteiger partial charge < -0.3 is 23.7 Å². The fourth-order valence-corrected chi connectivity index (χ4v) is 10.9. The second kappa shape index (κ2) is 9.88. The van der Waals surface area contributed by atoms with Crippen molar-refractivity contribution in [2.45, 2.75) is 147 Å². The third kappa shape index (κ3) is 4.68. The van der Waals surface area contributed by atoms with Gasteiger partial charge in [-0.1, -0.05) is 70.9 Å². The Bertz CT molecular complexity index is 1070. The van der Waals surface area contributed by atoms with Crippen LogP contribution < -0.4 is 0 Å². The van der Waals surface area contributed by atoms with Crippen LogP contribution in [0, 0.1) is 29.1 Å². The molecular formula is C34H54O5Si. The van der Waals surface area contributed by atoms with E-state index in [1.54, 1.807) is 0 Å². The van der Waals surface area contributed by atoms with Crippen LogP contribution in [0.4, 0.5) is 0 Å². The Hall–Kier alpha value is -0.763. The summed E-state index contributed by atoms with van der Waals surface area (Å²) in [6.45, 7) is 19.0. The lowest BCUT2D eigenvalue weighted by Crippen LogP contribution is -2.70. The summed E-state index contributed by atoms with van der Waals surface area (Å²) in [5, 5.41) is 13.0. The van der Waals surface area contributed by atoms with Crippen LogP contribution in [-0.2, 0) is 25.2 Å². The van der Waals surface area contributed by atoms with E-state index >= 15 is 0 Å². The molecule has 0 bridgehead atoms. The van der Waals surface area contributed by atoms with E-state index in [0.717, 1.165) is 44.9 Å². The monoisotopic (exact) mass is 570 g/mol. The van der Waals surface area contributed by atoms with Gasteiger partial charge in [-0.05, 0) is 86.9 Å². The highest BCUT2D eigenvalue weighted by Crippen LogP contribution is 2.67. The number of aliphatic hydroxyl groups is 1. The Morgan fingerprint density at radius 3 is 2.35 bits per heavy atom. The summed E-state index contributed by atoms with van der Waals surface area (Å²) < 4.78 is 27.8. The standard InChI is InChI=1S/C34H54O5Si/c1-31(2,3)40(7,8)39-26-18-17-23-27-28(25(20-33(23,26)6)36-21-22-14-10-9-11-15-22)34(35)19-13-12-16-24(34)29-30(27)38-32(4,5)37-29/h9-11,14-15,23-30,35H,12-13,16-21H2,1-8H3/t23?,24?,25?,26-,27?,28?,29+,30+,33-,34+/m0/s1. The first-order valence-corrected chi connectivity index (χ1v) is 19.0. The first-order chi connectivity index (χ1) is 18.7. The topological polar surface area (TPSA) is 57.2 Å². The van der Waals surface area contributed by atoms with E-state index in [9.17, 15) is 5.11 Å². The predicted molar refractivity (Wildman–Crippen MR) is 160 cm³/mol. The van der Waals surface area contributed by atoms with E-state index in [1.165, 1.54) is 5.56 Å². The molecule has 0 amide bonds. The largest absolute Gasteiger partial charge is 0.413 e. The zero-order valence-corrected chi connectivity index (χ0v) is 27.2. The number of fused-ring (bicyclic) bond motifs is 8. The first kappa shape index (κ1) is 29.3. The summed E-state index contributed by atoms with van der Waals surface area (Å²) in [6, 6.07) is 10.5. The van der Waals surface area contributed by atoms with E-state index in [1.807, 2.05) is 0 Å². The molecule has 5 unspecified atom stereocenters. The molecule has 1 N–H and O–H groups in total. The fourth-order valence-electron chi connectivity index (χ4n) is 9.45. The predicted octanol–water partition coefficient (Wildman–Crippen LogP) is 7.47. The van der Waals surface area contributed by atoms with Gasteiger partial charge in [-0.2, -0.15) is 0 Å². The summed E-state index contributed by atoms with van der Waals surface area (Å²) in [5.74, 6) is 0.124. The van der Waals surface area contributed by atoms with E-state index in [2.05, 4.69) is 85.0 Å². The van der Waals surface area contributed by atoms with Gasteiger partial charge in [0, 0.05) is 11.8 Å². The molecule has 0 spiro atoms. The van der Waals surface area contributed by atoms with E-state index in [0.29, 0.717) is 12.5 Å². The number of rotatable bonds is 5. The minimum absolute atomic E-state index is 0.0116. The van der Waals surface area contributed by atoms with Gasteiger partial charge in [0.05, 0.1) is 36.6 Å². The molecule has 6 rings (SSSR count). The molecule has 5 nitrogen and oxygen atoms in total. The van der Waals surface area contributed by atoms with Crippen LogP contribution in [0.15, 0.2) is 30.3 Å². The Labute approximate surface area is 243 Å². The third-order valence-corrected chi connectivity index (χ3v) is 16.8. The van der Waals surface area contributed by atoms with E-state index < -0.39 is 19.7 Å². The quantitative estimate of drug-likeness (QED) is 0.372. The number of ether oxygens (including phenoxy) is 3. The van der Waals surface area contributed by atoms with Crippen molar-refractivity contribution in [2.24, 2.45) is 29.1 Å². The van der Waals surface area contributed by atoms with Gasteiger partial charge in [0.1, 0.15) is 0 Å². The molecule has 10 atom stereocenters. The van der Waals surface area contributed by atoms with Crippen molar-refractivity contribution in [3.05, 3.63) is 35.9 Å². The number of hydrogen-bond donors (Lipinski definition) is 1. The average molecular weight is 571 g/mol. The molecule has 1 aromatic rings. The molecule has 5 fully saturated rings. The molecule has 1 saturated heterocycles. The summed E-state index contributed by atoms with van der Waals surface area (Å²) in [6.07, 6.45) is 7.28. The van der Waals surface area contributed by atoms with Crippen LogP contribution in [0.1, 0.15) is 92.1 Å². The third-order valence-electron chi connectivity index (χ3n) is 12.3. The maximum atomic E-state index is 12.8. The molecule has 40 heavy (non-hydrogen) atoms. The SMILES string of the molecule is CC1(C)O[C@@H]2C3C(C(OCc4ccccc4)C[C@@]4(C)C3CC[C@@H]4O[Si](C)(C)C(C)(C)C)[C@@]3(O)CCCCC3[C@H]2O1. The normalized spacial score (nSPS) is 44.4. The Morgan fingerprint density at radius 2 is 1.65 bits per heavy atom. The van der Waals surface area contributed by atoms with Crippen molar-refractivity contribution in [3.8, 4) is 0 Å². The van der Waals surface area contributed by atoms with Crippen molar-refractivity contribution >= 4 is 8.32 Å². The van der Waals surface area contributed by atoms with Crippen LogP contribution in [-0.4, -0.2) is 49.2 Å². The molecular weight excluding hydrogens is 516 g/mol. The minimum atomic E-state index is -1.97. The van der Waals surface area contributed by atoms with Crippen LogP contribution in [0.2, 0.25) is 18.1 Å². The fraction of sp³-hybridized carbons (Fsp3) is 0.824. The van der Waals surface area contributed by atoms with Gasteiger partial charge in [-0.3, -0.25) is 0 Å². The van der Waals surface area contributed by atoms with Crippen LogP contribution in [0.25, 0.3) is 0 Å². The number of hydrogen-bond acceptors (Lipinski definition) is 5. The molecule has 0 aromatic heterocycles. The molecule has 1 heterocycles. The molecule has 1 aliphatic heterocycles. The zero-order valence-electron chi connectivity index (χ0n) is 26.2. The van der Waals surface area contributed by atoms with Crippen LogP contribution >= 0.6 is 0 Å². The Kier molecular flexibility index (Phi) is 7.24. The highest BCUT2D eigenvalue weighted by Gasteiger charge is 2.72. The average Bonchev–Trinajstić information content (AvgIpc) is 3.37. The van der Waals surface area contributed by atoms with Gasteiger partial charge in [-0.15, -0.1) is 0 Å².